The minimum Gasteiger partial charge on any atom is -0.366 e. The fraction of sp³-hybridized carbons (Fsp3) is 0.333. The van der Waals surface area contributed by atoms with E-state index in [9.17, 15) is 8.78 Å². The SMILES string of the molecule is Cc1c(Cl)nc(C(C)C)nc1NCc1cc(F)ccc1F. The molecular formula is C15H16ClF2N3. The van der Waals surface area contributed by atoms with Gasteiger partial charge in [-0.3, -0.25) is 0 Å². The topological polar surface area (TPSA) is 37.8 Å². The van der Waals surface area contributed by atoms with Crippen LogP contribution in [0.5, 0.6) is 0 Å². The second kappa shape index (κ2) is 6.35. The van der Waals surface area contributed by atoms with Gasteiger partial charge < -0.3 is 5.32 Å². The van der Waals surface area contributed by atoms with Gasteiger partial charge in [0.1, 0.15) is 28.4 Å². The monoisotopic (exact) mass is 311 g/mol. The number of halogens is 3. The summed E-state index contributed by atoms with van der Waals surface area (Å²) in [6, 6.07) is 3.35. The number of anilines is 1. The van der Waals surface area contributed by atoms with Crippen LogP contribution in [0.2, 0.25) is 5.15 Å². The van der Waals surface area contributed by atoms with Crippen molar-refractivity contribution in [2.24, 2.45) is 0 Å². The fourth-order valence-corrected chi connectivity index (χ4v) is 1.97. The van der Waals surface area contributed by atoms with Crippen molar-refractivity contribution in [2.75, 3.05) is 5.32 Å². The van der Waals surface area contributed by atoms with Crippen LogP contribution in [-0.4, -0.2) is 9.97 Å². The molecule has 1 aromatic heterocycles. The molecule has 6 heteroatoms. The van der Waals surface area contributed by atoms with Gasteiger partial charge in [0.15, 0.2) is 0 Å². The van der Waals surface area contributed by atoms with Crippen molar-refractivity contribution < 1.29 is 8.78 Å². The summed E-state index contributed by atoms with van der Waals surface area (Å²) in [6.07, 6.45) is 0. The maximum absolute atomic E-state index is 13.6. The number of aromatic nitrogens is 2. The minimum atomic E-state index is -0.478. The number of hydrogen-bond donors (Lipinski definition) is 1. The van der Waals surface area contributed by atoms with Gasteiger partial charge in [-0.1, -0.05) is 25.4 Å². The van der Waals surface area contributed by atoms with E-state index >= 15 is 0 Å². The Labute approximate surface area is 127 Å². The Morgan fingerprint density at radius 2 is 1.95 bits per heavy atom. The largest absolute Gasteiger partial charge is 0.366 e. The standard InChI is InChI=1S/C15H16ClF2N3/c1-8(2)14-20-13(16)9(3)15(21-14)19-7-10-6-11(17)4-5-12(10)18/h4-6,8H,7H2,1-3H3,(H,19,20,21). The third-order valence-corrected chi connectivity index (χ3v) is 3.44. The van der Waals surface area contributed by atoms with Gasteiger partial charge in [-0.25, -0.2) is 18.7 Å². The summed E-state index contributed by atoms with van der Waals surface area (Å²) in [5.41, 5.74) is 0.910. The molecule has 1 aromatic carbocycles. The Morgan fingerprint density at radius 1 is 1.24 bits per heavy atom. The summed E-state index contributed by atoms with van der Waals surface area (Å²) in [5, 5.41) is 3.35. The second-order valence-corrected chi connectivity index (χ2v) is 5.45. The highest BCUT2D eigenvalue weighted by molar-refractivity contribution is 6.30. The number of nitrogens with one attached hydrogen (secondary N) is 1. The van der Waals surface area contributed by atoms with E-state index in [1.165, 1.54) is 0 Å². The Kier molecular flexibility index (Phi) is 4.73. The lowest BCUT2D eigenvalue weighted by Gasteiger charge is -2.13. The van der Waals surface area contributed by atoms with Crippen LogP contribution < -0.4 is 5.32 Å². The van der Waals surface area contributed by atoms with Gasteiger partial charge in [0.05, 0.1) is 0 Å². The lowest BCUT2D eigenvalue weighted by molar-refractivity contribution is 0.587. The Hall–Kier alpha value is -1.75. The Bertz CT molecular complexity index is 660. The van der Waals surface area contributed by atoms with Crippen LogP contribution >= 0.6 is 11.6 Å². The minimum absolute atomic E-state index is 0.120. The van der Waals surface area contributed by atoms with E-state index in [1.807, 2.05) is 13.8 Å². The molecule has 0 radical (unpaired) electrons. The average molecular weight is 312 g/mol. The van der Waals surface area contributed by atoms with Crippen molar-refractivity contribution in [3.63, 3.8) is 0 Å². The van der Waals surface area contributed by atoms with Crippen LogP contribution in [0.3, 0.4) is 0 Å². The highest BCUT2D eigenvalue weighted by Crippen LogP contribution is 2.23. The average Bonchev–Trinajstić information content (AvgIpc) is 2.43. The fourth-order valence-electron chi connectivity index (χ4n) is 1.79. The molecule has 2 rings (SSSR count). The summed E-state index contributed by atoms with van der Waals surface area (Å²) in [6.45, 7) is 5.81. The molecule has 1 N–H and O–H groups in total. The molecule has 21 heavy (non-hydrogen) atoms. The maximum Gasteiger partial charge on any atom is 0.137 e. The van der Waals surface area contributed by atoms with Crippen LogP contribution in [0.15, 0.2) is 18.2 Å². The molecule has 0 fully saturated rings. The number of benzene rings is 1. The number of hydrogen-bond acceptors (Lipinski definition) is 3. The highest BCUT2D eigenvalue weighted by atomic mass is 35.5. The molecule has 0 saturated carbocycles. The van der Waals surface area contributed by atoms with E-state index in [4.69, 9.17) is 11.6 Å². The highest BCUT2D eigenvalue weighted by Gasteiger charge is 2.12. The van der Waals surface area contributed by atoms with Crippen molar-refractivity contribution in [1.29, 1.82) is 0 Å². The first-order valence-electron chi connectivity index (χ1n) is 6.60. The maximum atomic E-state index is 13.6. The normalized spacial score (nSPS) is 11.0. The van der Waals surface area contributed by atoms with Crippen molar-refractivity contribution in [3.8, 4) is 0 Å². The van der Waals surface area contributed by atoms with Crippen LogP contribution in [0, 0.1) is 18.6 Å². The first kappa shape index (κ1) is 15.6. The van der Waals surface area contributed by atoms with E-state index < -0.39 is 11.6 Å². The van der Waals surface area contributed by atoms with Crippen LogP contribution in [0.25, 0.3) is 0 Å². The zero-order valence-corrected chi connectivity index (χ0v) is 12.8. The van der Waals surface area contributed by atoms with Gasteiger partial charge in [-0.05, 0) is 25.1 Å². The van der Waals surface area contributed by atoms with Gasteiger partial charge in [-0.15, -0.1) is 0 Å². The van der Waals surface area contributed by atoms with Gasteiger partial charge in [-0.2, -0.15) is 0 Å². The molecule has 0 aliphatic rings. The lowest BCUT2D eigenvalue weighted by Crippen LogP contribution is -2.09. The molecule has 0 atom stereocenters. The lowest BCUT2D eigenvalue weighted by atomic mass is 10.2. The number of rotatable bonds is 4. The zero-order valence-electron chi connectivity index (χ0n) is 12.0. The molecule has 0 aliphatic carbocycles. The van der Waals surface area contributed by atoms with Gasteiger partial charge in [0.25, 0.3) is 0 Å². The predicted octanol–water partition coefficient (Wildman–Crippen LogP) is 4.45. The van der Waals surface area contributed by atoms with Gasteiger partial charge in [0.2, 0.25) is 0 Å². The smallest absolute Gasteiger partial charge is 0.137 e. The van der Waals surface area contributed by atoms with E-state index in [-0.39, 0.29) is 18.0 Å². The first-order valence-corrected chi connectivity index (χ1v) is 6.98. The summed E-state index contributed by atoms with van der Waals surface area (Å²) in [4.78, 5) is 8.58. The molecule has 0 bridgehead atoms. The van der Waals surface area contributed by atoms with Gasteiger partial charge in [0, 0.05) is 23.6 Å². The third-order valence-electron chi connectivity index (χ3n) is 3.07. The molecule has 112 valence electrons. The quantitative estimate of drug-likeness (QED) is 0.848. The Balaban J connectivity index is 2.25. The van der Waals surface area contributed by atoms with Crippen LogP contribution in [0.4, 0.5) is 14.6 Å². The van der Waals surface area contributed by atoms with Crippen LogP contribution in [0.1, 0.15) is 36.7 Å². The van der Waals surface area contributed by atoms with Crippen molar-refractivity contribution in [3.05, 3.63) is 51.9 Å². The van der Waals surface area contributed by atoms with E-state index in [0.717, 1.165) is 18.2 Å². The Morgan fingerprint density at radius 3 is 2.62 bits per heavy atom. The van der Waals surface area contributed by atoms with Gasteiger partial charge >= 0.3 is 0 Å². The summed E-state index contributed by atoms with van der Waals surface area (Å²) in [5.74, 6) is 0.309. The van der Waals surface area contributed by atoms with E-state index in [0.29, 0.717) is 22.4 Å². The van der Waals surface area contributed by atoms with Crippen molar-refractivity contribution in [2.45, 2.75) is 33.2 Å². The summed E-state index contributed by atoms with van der Waals surface area (Å²) >= 11 is 6.08. The van der Waals surface area contributed by atoms with Crippen molar-refractivity contribution >= 4 is 17.4 Å². The predicted molar refractivity (Wildman–Crippen MR) is 79.6 cm³/mol. The summed E-state index contributed by atoms with van der Waals surface area (Å²) in [7, 11) is 0. The molecule has 0 amide bonds. The molecule has 3 nitrogen and oxygen atoms in total. The first-order chi connectivity index (χ1) is 9.88. The van der Waals surface area contributed by atoms with Crippen LogP contribution in [-0.2, 0) is 6.54 Å². The molecule has 0 unspecified atom stereocenters. The zero-order chi connectivity index (χ0) is 15.6. The van der Waals surface area contributed by atoms with E-state index in [1.54, 1.807) is 6.92 Å². The molecule has 2 aromatic rings. The number of nitrogens with zero attached hydrogens (tertiary/aromatic N) is 2. The molecule has 1 heterocycles. The van der Waals surface area contributed by atoms with Crippen molar-refractivity contribution in [1.82, 2.24) is 9.97 Å². The second-order valence-electron chi connectivity index (χ2n) is 5.09. The molecular weight excluding hydrogens is 296 g/mol. The summed E-state index contributed by atoms with van der Waals surface area (Å²) < 4.78 is 26.7. The molecule has 0 saturated heterocycles. The molecule has 0 aliphatic heterocycles. The third kappa shape index (κ3) is 3.67. The van der Waals surface area contributed by atoms with E-state index in [2.05, 4.69) is 15.3 Å². The molecule has 0 spiro atoms.